The van der Waals surface area contributed by atoms with Gasteiger partial charge in [-0.2, -0.15) is 0 Å². The first-order valence-corrected chi connectivity index (χ1v) is 10.5. The molecule has 0 spiro atoms. The highest BCUT2D eigenvalue weighted by molar-refractivity contribution is 5.97. The number of carbonyl (C=O) groups is 1. The SMILES string of the molecule is COc1nc2c(cc1C(=O)N1C[C@@H](Cc3ccc4ccccc4n3)[C@H](O)C1)CCC2. The summed E-state index contributed by atoms with van der Waals surface area (Å²) in [6.07, 6.45) is 3.01. The lowest BCUT2D eigenvalue weighted by atomic mass is 9.99. The highest BCUT2D eigenvalue weighted by atomic mass is 16.5. The summed E-state index contributed by atoms with van der Waals surface area (Å²) in [7, 11) is 1.55. The van der Waals surface area contributed by atoms with Gasteiger partial charge in [0.2, 0.25) is 5.88 Å². The Morgan fingerprint density at radius 2 is 2.03 bits per heavy atom. The van der Waals surface area contributed by atoms with Crippen molar-refractivity contribution >= 4 is 16.8 Å². The van der Waals surface area contributed by atoms with Crippen molar-refractivity contribution < 1.29 is 14.6 Å². The topological polar surface area (TPSA) is 75.5 Å². The predicted octanol–water partition coefficient (Wildman–Crippen LogP) is 2.80. The first-order valence-electron chi connectivity index (χ1n) is 10.5. The molecule has 0 saturated carbocycles. The molecule has 0 radical (unpaired) electrons. The molecule has 1 fully saturated rings. The molecule has 6 heteroatoms. The monoisotopic (exact) mass is 403 g/mol. The second-order valence-electron chi connectivity index (χ2n) is 8.24. The van der Waals surface area contributed by atoms with Crippen molar-refractivity contribution in [2.75, 3.05) is 20.2 Å². The number of fused-ring (bicyclic) bond motifs is 2. The molecule has 5 rings (SSSR count). The zero-order valence-corrected chi connectivity index (χ0v) is 17.0. The maximum Gasteiger partial charge on any atom is 0.259 e. The van der Waals surface area contributed by atoms with Crippen LogP contribution in [0.5, 0.6) is 5.88 Å². The summed E-state index contributed by atoms with van der Waals surface area (Å²) >= 11 is 0. The summed E-state index contributed by atoms with van der Waals surface area (Å²) in [5, 5.41) is 11.7. The second-order valence-corrected chi connectivity index (χ2v) is 8.24. The highest BCUT2D eigenvalue weighted by Gasteiger charge is 2.36. The van der Waals surface area contributed by atoms with Crippen LogP contribution in [-0.4, -0.2) is 52.2 Å². The van der Waals surface area contributed by atoms with E-state index in [0.29, 0.717) is 31.0 Å². The minimum absolute atomic E-state index is 0.0454. The van der Waals surface area contributed by atoms with Gasteiger partial charge in [-0.25, -0.2) is 4.98 Å². The molecule has 2 aliphatic rings. The van der Waals surface area contributed by atoms with Crippen LogP contribution in [0.25, 0.3) is 10.9 Å². The Hall–Kier alpha value is -2.99. The number of aromatic nitrogens is 2. The highest BCUT2D eigenvalue weighted by Crippen LogP contribution is 2.30. The molecule has 6 nitrogen and oxygen atoms in total. The number of aryl methyl sites for hydroxylation is 2. The van der Waals surface area contributed by atoms with Gasteiger partial charge in [0.1, 0.15) is 5.56 Å². The van der Waals surface area contributed by atoms with Crippen LogP contribution in [0.1, 0.15) is 33.7 Å². The number of methoxy groups -OCH3 is 1. The normalized spacial score (nSPS) is 20.5. The van der Waals surface area contributed by atoms with Gasteiger partial charge in [-0.3, -0.25) is 9.78 Å². The van der Waals surface area contributed by atoms with Gasteiger partial charge in [0.25, 0.3) is 5.91 Å². The smallest absolute Gasteiger partial charge is 0.259 e. The molecular weight excluding hydrogens is 378 g/mol. The van der Waals surface area contributed by atoms with Crippen molar-refractivity contribution in [3.8, 4) is 5.88 Å². The number of likely N-dealkylation sites (tertiary alicyclic amines) is 1. The van der Waals surface area contributed by atoms with Crippen LogP contribution in [0.3, 0.4) is 0 Å². The molecule has 2 atom stereocenters. The maximum atomic E-state index is 13.2. The van der Waals surface area contributed by atoms with Crippen LogP contribution in [0.4, 0.5) is 0 Å². The first kappa shape index (κ1) is 19.0. The number of hydrogen-bond donors (Lipinski definition) is 1. The van der Waals surface area contributed by atoms with E-state index in [9.17, 15) is 9.90 Å². The molecule has 3 aromatic rings. The quantitative estimate of drug-likeness (QED) is 0.725. The lowest BCUT2D eigenvalue weighted by Gasteiger charge is -2.18. The van der Waals surface area contributed by atoms with Crippen molar-refractivity contribution in [2.24, 2.45) is 5.92 Å². The third-order valence-electron chi connectivity index (χ3n) is 6.26. The Morgan fingerprint density at radius 1 is 1.17 bits per heavy atom. The van der Waals surface area contributed by atoms with E-state index >= 15 is 0 Å². The Labute approximate surface area is 175 Å². The summed E-state index contributed by atoms with van der Waals surface area (Å²) in [6, 6.07) is 14.0. The fourth-order valence-corrected chi connectivity index (χ4v) is 4.64. The lowest BCUT2D eigenvalue weighted by Crippen LogP contribution is -2.30. The van der Waals surface area contributed by atoms with Crippen LogP contribution < -0.4 is 4.74 Å². The van der Waals surface area contributed by atoms with Gasteiger partial charge in [-0.05, 0) is 49.4 Å². The van der Waals surface area contributed by atoms with Gasteiger partial charge in [0.05, 0.1) is 18.7 Å². The Kier molecular flexibility index (Phi) is 4.87. The first-order chi connectivity index (χ1) is 14.6. The Balaban J connectivity index is 1.34. The van der Waals surface area contributed by atoms with E-state index in [1.807, 2.05) is 36.4 Å². The van der Waals surface area contributed by atoms with E-state index in [0.717, 1.165) is 47.1 Å². The van der Waals surface area contributed by atoms with E-state index in [1.165, 1.54) is 0 Å². The standard InChI is InChI=1S/C24H25N3O3/c1-30-23-19(12-16-6-4-8-21(16)26-23)24(29)27-13-17(22(28)14-27)11-18-10-9-15-5-2-3-7-20(15)25-18/h2-3,5,7,9-10,12,17,22,28H,4,6,8,11,13-14H2,1H3/t17-,22-/m1/s1. The molecule has 1 amide bonds. The van der Waals surface area contributed by atoms with E-state index in [2.05, 4.69) is 11.1 Å². The average molecular weight is 403 g/mol. The van der Waals surface area contributed by atoms with Crippen LogP contribution in [0, 0.1) is 5.92 Å². The number of benzene rings is 1. The number of pyridine rings is 2. The predicted molar refractivity (Wildman–Crippen MR) is 114 cm³/mol. The van der Waals surface area contributed by atoms with Crippen LogP contribution in [0.2, 0.25) is 0 Å². The summed E-state index contributed by atoms with van der Waals surface area (Å²) < 4.78 is 5.41. The molecule has 1 aliphatic carbocycles. The van der Waals surface area contributed by atoms with Gasteiger partial charge < -0.3 is 14.7 Å². The molecular formula is C24H25N3O3. The zero-order valence-electron chi connectivity index (χ0n) is 17.0. The van der Waals surface area contributed by atoms with Crippen molar-refractivity contribution in [3.05, 3.63) is 65.0 Å². The van der Waals surface area contributed by atoms with E-state index < -0.39 is 6.10 Å². The molecule has 0 unspecified atom stereocenters. The van der Waals surface area contributed by atoms with Gasteiger partial charge >= 0.3 is 0 Å². The molecule has 154 valence electrons. The number of rotatable bonds is 4. The van der Waals surface area contributed by atoms with Crippen LogP contribution in [0.15, 0.2) is 42.5 Å². The van der Waals surface area contributed by atoms with E-state index in [1.54, 1.807) is 12.0 Å². The average Bonchev–Trinajstić information content (AvgIpc) is 3.38. The number of hydrogen-bond acceptors (Lipinski definition) is 5. The number of aliphatic hydroxyl groups is 1. The maximum absolute atomic E-state index is 13.2. The second kappa shape index (κ2) is 7.69. The minimum atomic E-state index is -0.574. The minimum Gasteiger partial charge on any atom is -0.480 e. The Bertz CT molecular complexity index is 1110. The third-order valence-corrected chi connectivity index (χ3v) is 6.26. The number of carbonyl (C=O) groups excluding carboxylic acids is 1. The van der Waals surface area contributed by atoms with Gasteiger partial charge in [-0.1, -0.05) is 24.3 Å². The summed E-state index contributed by atoms with van der Waals surface area (Å²) in [5.74, 6) is 0.216. The van der Waals surface area contributed by atoms with Crippen LogP contribution >= 0.6 is 0 Å². The van der Waals surface area contributed by atoms with Crippen LogP contribution in [-0.2, 0) is 19.3 Å². The van der Waals surface area contributed by atoms with E-state index in [-0.39, 0.29) is 11.8 Å². The summed E-state index contributed by atoms with van der Waals surface area (Å²) in [6.45, 7) is 0.812. The van der Waals surface area contributed by atoms with Crippen molar-refractivity contribution in [1.29, 1.82) is 0 Å². The van der Waals surface area contributed by atoms with Gasteiger partial charge in [-0.15, -0.1) is 0 Å². The molecule has 3 heterocycles. The van der Waals surface area contributed by atoms with Gasteiger partial charge in [0, 0.05) is 35.8 Å². The molecule has 30 heavy (non-hydrogen) atoms. The fraction of sp³-hybridized carbons (Fsp3) is 0.375. The number of ether oxygens (including phenoxy) is 1. The van der Waals surface area contributed by atoms with Crippen molar-refractivity contribution in [3.63, 3.8) is 0 Å². The largest absolute Gasteiger partial charge is 0.480 e. The molecule has 1 saturated heterocycles. The number of para-hydroxylation sites is 1. The zero-order chi connectivity index (χ0) is 20.7. The molecule has 0 bridgehead atoms. The van der Waals surface area contributed by atoms with E-state index in [4.69, 9.17) is 9.72 Å². The molecule has 1 N–H and O–H groups in total. The van der Waals surface area contributed by atoms with Gasteiger partial charge in [0.15, 0.2) is 0 Å². The number of nitrogens with zero attached hydrogens (tertiary/aromatic N) is 3. The van der Waals surface area contributed by atoms with Crippen molar-refractivity contribution in [1.82, 2.24) is 14.9 Å². The number of β-amino-alcohol motifs (C(OH)–C–C–N with tert-alkyl or cyclic N) is 1. The Morgan fingerprint density at radius 3 is 2.90 bits per heavy atom. The summed E-state index contributed by atoms with van der Waals surface area (Å²) in [5.41, 5.74) is 4.55. The lowest BCUT2D eigenvalue weighted by molar-refractivity contribution is 0.0760. The molecule has 1 aliphatic heterocycles. The number of aliphatic hydroxyl groups excluding tert-OH is 1. The third kappa shape index (κ3) is 3.41. The molecule has 1 aromatic carbocycles. The summed E-state index contributed by atoms with van der Waals surface area (Å²) in [4.78, 5) is 24.2. The van der Waals surface area contributed by atoms with Crippen molar-refractivity contribution in [2.45, 2.75) is 31.8 Å². The molecule has 2 aromatic heterocycles. The fourth-order valence-electron chi connectivity index (χ4n) is 4.64. The number of amides is 1.